The maximum absolute atomic E-state index is 13.1. The summed E-state index contributed by atoms with van der Waals surface area (Å²) in [6.45, 7) is 4.60. The van der Waals surface area contributed by atoms with E-state index in [4.69, 9.17) is 37.0 Å². The summed E-state index contributed by atoms with van der Waals surface area (Å²) in [7, 11) is -9.97. The predicted molar refractivity (Wildman–Crippen MR) is 427 cm³/mol. The molecule has 0 rings (SSSR count). The number of carbonyl (C=O) groups is 4. The van der Waals surface area contributed by atoms with Crippen LogP contribution in [0.1, 0.15) is 336 Å². The van der Waals surface area contributed by atoms with Gasteiger partial charge in [-0.2, -0.15) is 0 Å². The molecule has 0 heterocycles. The van der Waals surface area contributed by atoms with Gasteiger partial charge in [-0.15, -0.1) is 0 Å². The Labute approximate surface area is 632 Å². The van der Waals surface area contributed by atoms with E-state index in [0.29, 0.717) is 25.7 Å². The zero-order chi connectivity index (χ0) is 76.0. The van der Waals surface area contributed by atoms with Crippen LogP contribution in [0, 0.1) is 0 Å². The fourth-order valence-electron chi connectivity index (χ4n) is 10.8. The third-order valence-electron chi connectivity index (χ3n) is 16.9. The lowest BCUT2D eigenvalue weighted by Crippen LogP contribution is -2.30. The summed E-state index contributed by atoms with van der Waals surface area (Å²) in [6.07, 6.45) is 84.5. The Morgan fingerprint density at radius 2 is 0.500 bits per heavy atom. The number of hydrogen-bond donors (Lipinski definition) is 3. The first-order chi connectivity index (χ1) is 50.7. The van der Waals surface area contributed by atoms with Gasteiger partial charge in [-0.05, 0) is 135 Å². The van der Waals surface area contributed by atoms with Crippen molar-refractivity contribution in [2.45, 2.75) is 354 Å². The number of aliphatic hydroxyl groups is 1. The molecule has 0 fully saturated rings. The standard InChI is InChI=1S/C85H146O17P2/c1-5-9-13-17-21-25-29-33-36-38-39-41-43-47-50-54-58-62-66-70-83(88)96-76-81(102-85(90)72-68-64-60-56-52-48-44-40-37-34-30-26-22-18-14-10-6-2)78-100-104(93,94)98-74-79(86)73-97-103(91,92)99-77-80(101-84(89)71-67-63-59-55-51-45-32-28-24-20-16-12-8-4)75-95-82(87)69-65-61-57-53-49-46-42-35-31-27-23-19-15-11-7-3/h9-10,13-14,21-23,25-27,33-37,39,41-42,47,50,79-81,86H,5-8,11-12,15-20,24,28-32,38,40,43-46,48-49,51-78H2,1-4H3,(H,91,92)(H,93,94)/b13-9-,14-10-,25-21-,26-22-,27-23-,36-33-,37-34-,41-39-,42-35-,50-47-. The SMILES string of the molecule is CC/C=C\C/C=C\C/C=C\C/C=C\C/C=C\CCCCCC(=O)OCC(COP(=O)(O)OCC(O)COP(=O)(O)OCC(COC(=O)CCCCCCC/C=C\C/C=C\CCCCC)OC(=O)CCCCCCCCCCCCCCC)OC(=O)CCCCCCCCC/C=C\C/C=C\C/C=C\CC. The summed E-state index contributed by atoms with van der Waals surface area (Å²) in [5.74, 6) is -2.22. The molecule has 0 amide bonds. The van der Waals surface area contributed by atoms with E-state index in [9.17, 15) is 43.2 Å². The van der Waals surface area contributed by atoms with E-state index in [1.165, 1.54) is 70.6 Å². The number of ether oxygens (including phenoxy) is 4. The van der Waals surface area contributed by atoms with Crippen LogP contribution in [0.5, 0.6) is 0 Å². The molecule has 598 valence electrons. The zero-order valence-electron chi connectivity index (χ0n) is 65.4. The number of aliphatic hydroxyl groups excluding tert-OH is 1. The van der Waals surface area contributed by atoms with Gasteiger partial charge < -0.3 is 33.8 Å². The van der Waals surface area contributed by atoms with Crippen molar-refractivity contribution >= 4 is 39.5 Å². The first-order valence-electron chi connectivity index (χ1n) is 40.8. The largest absolute Gasteiger partial charge is 0.472 e. The zero-order valence-corrected chi connectivity index (χ0v) is 67.2. The van der Waals surface area contributed by atoms with Gasteiger partial charge in [0.1, 0.15) is 19.3 Å². The Bertz CT molecular complexity index is 2440. The molecule has 5 atom stereocenters. The third-order valence-corrected chi connectivity index (χ3v) is 18.8. The van der Waals surface area contributed by atoms with E-state index >= 15 is 0 Å². The average Bonchev–Trinajstić information content (AvgIpc) is 0.911. The Kier molecular flexibility index (Phi) is 73.3. The molecular formula is C85H146O17P2. The van der Waals surface area contributed by atoms with Crippen molar-refractivity contribution in [1.29, 1.82) is 0 Å². The number of unbranched alkanes of at least 4 members (excludes halogenated alkanes) is 30. The van der Waals surface area contributed by atoms with Gasteiger partial charge in [0.05, 0.1) is 26.4 Å². The Morgan fingerprint density at radius 1 is 0.279 bits per heavy atom. The quantitative estimate of drug-likeness (QED) is 0.0169. The van der Waals surface area contributed by atoms with E-state index in [1.54, 1.807) is 0 Å². The van der Waals surface area contributed by atoms with Crippen molar-refractivity contribution in [2.24, 2.45) is 0 Å². The van der Waals surface area contributed by atoms with Gasteiger partial charge >= 0.3 is 39.5 Å². The van der Waals surface area contributed by atoms with Gasteiger partial charge in [-0.25, -0.2) is 9.13 Å². The van der Waals surface area contributed by atoms with Gasteiger partial charge in [0.15, 0.2) is 12.2 Å². The molecule has 0 bridgehead atoms. The number of phosphoric ester groups is 2. The molecule has 0 saturated carbocycles. The number of allylic oxidation sites excluding steroid dienone is 20. The Balaban J connectivity index is 5.40. The first-order valence-corrected chi connectivity index (χ1v) is 43.8. The minimum Gasteiger partial charge on any atom is -0.462 e. The van der Waals surface area contributed by atoms with Crippen LogP contribution < -0.4 is 0 Å². The summed E-state index contributed by atoms with van der Waals surface area (Å²) < 4.78 is 68.6. The van der Waals surface area contributed by atoms with Crippen LogP contribution in [0.3, 0.4) is 0 Å². The molecular weight excluding hydrogens is 1350 g/mol. The lowest BCUT2D eigenvalue weighted by atomic mass is 10.0. The van der Waals surface area contributed by atoms with Crippen molar-refractivity contribution in [3.8, 4) is 0 Å². The molecule has 0 aliphatic rings. The second-order valence-electron chi connectivity index (χ2n) is 27.0. The number of rotatable bonds is 76. The lowest BCUT2D eigenvalue weighted by Gasteiger charge is -2.21. The van der Waals surface area contributed by atoms with Crippen LogP contribution in [-0.4, -0.2) is 96.7 Å². The molecule has 0 radical (unpaired) electrons. The molecule has 0 aromatic carbocycles. The highest BCUT2D eigenvalue weighted by molar-refractivity contribution is 7.47. The monoisotopic (exact) mass is 1500 g/mol. The highest BCUT2D eigenvalue weighted by Gasteiger charge is 2.30. The molecule has 0 saturated heterocycles. The summed E-state index contributed by atoms with van der Waals surface area (Å²) in [4.78, 5) is 73.1. The van der Waals surface area contributed by atoms with Crippen LogP contribution in [-0.2, 0) is 65.4 Å². The third kappa shape index (κ3) is 75.7. The maximum Gasteiger partial charge on any atom is 0.472 e. The number of phosphoric acid groups is 2. The predicted octanol–water partition coefficient (Wildman–Crippen LogP) is 23.9. The van der Waals surface area contributed by atoms with Crippen molar-refractivity contribution in [1.82, 2.24) is 0 Å². The normalized spacial score (nSPS) is 14.5. The molecule has 104 heavy (non-hydrogen) atoms. The smallest absolute Gasteiger partial charge is 0.462 e. The van der Waals surface area contributed by atoms with Crippen molar-refractivity contribution in [3.05, 3.63) is 122 Å². The second kappa shape index (κ2) is 76.6. The fraction of sp³-hybridized carbons (Fsp3) is 0.718. The van der Waals surface area contributed by atoms with E-state index in [-0.39, 0.29) is 25.7 Å². The van der Waals surface area contributed by atoms with Gasteiger partial charge in [0.2, 0.25) is 0 Å². The van der Waals surface area contributed by atoms with Gasteiger partial charge in [-0.3, -0.25) is 37.3 Å². The molecule has 0 aliphatic heterocycles. The molecule has 17 nitrogen and oxygen atoms in total. The van der Waals surface area contributed by atoms with Gasteiger partial charge in [0, 0.05) is 25.7 Å². The molecule has 0 spiro atoms. The van der Waals surface area contributed by atoms with Gasteiger partial charge in [-0.1, -0.05) is 297 Å². The molecule has 3 N–H and O–H groups in total. The van der Waals surface area contributed by atoms with Crippen molar-refractivity contribution in [3.63, 3.8) is 0 Å². The lowest BCUT2D eigenvalue weighted by molar-refractivity contribution is -0.161. The Morgan fingerprint density at radius 3 is 0.798 bits per heavy atom. The number of esters is 4. The minimum atomic E-state index is -4.99. The van der Waals surface area contributed by atoms with E-state index < -0.39 is 97.5 Å². The van der Waals surface area contributed by atoms with Crippen molar-refractivity contribution < 1.29 is 80.2 Å². The summed E-state index contributed by atoms with van der Waals surface area (Å²) in [5, 5.41) is 10.6. The summed E-state index contributed by atoms with van der Waals surface area (Å²) in [6, 6.07) is 0. The number of carbonyl (C=O) groups excluding carboxylic acids is 4. The van der Waals surface area contributed by atoms with Crippen LogP contribution in [0.2, 0.25) is 0 Å². The molecule has 0 aromatic rings. The molecule has 19 heteroatoms. The topological polar surface area (TPSA) is 237 Å². The fourth-order valence-corrected chi connectivity index (χ4v) is 12.3. The minimum absolute atomic E-state index is 0.0738. The molecule has 0 aromatic heterocycles. The van der Waals surface area contributed by atoms with Crippen molar-refractivity contribution in [2.75, 3.05) is 39.6 Å². The average molecular weight is 1500 g/mol. The molecule has 5 unspecified atom stereocenters. The van der Waals surface area contributed by atoms with E-state index in [2.05, 4.69) is 149 Å². The number of hydrogen-bond acceptors (Lipinski definition) is 15. The second-order valence-corrected chi connectivity index (χ2v) is 29.9. The highest BCUT2D eigenvalue weighted by atomic mass is 31.2. The summed E-state index contributed by atoms with van der Waals surface area (Å²) in [5.41, 5.74) is 0. The maximum atomic E-state index is 13.1. The van der Waals surface area contributed by atoms with Crippen LogP contribution >= 0.6 is 15.6 Å². The van der Waals surface area contributed by atoms with Crippen LogP contribution in [0.4, 0.5) is 0 Å². The Hall–Kier alpha value is -4.54. The van der Waals surface area contributed by atoms with Crippen LogP contribution in [0.25, 0.3) is 0 Å². The highest BCUT2D eigenvalue weighted by Crippen LogP contribution is 2.45. The first kappa shape index (κ1) is 99.5. The summed E-state index contributed by atoms with van der Waals surface area (Å²) >= 11 is 0. The van der Waals surface area contributed by atoms with Crippen LogP contribution in [0.15, 0.2) is 122 Å². The van der Waals surface area contributed by atoms with E-state index in [1.807, 2.05) is 0 Å². The molecule has 0 aliphatic carbocycles. The van der Waals surface area contributed by atoms with Gasteiger partial charge in [0.25, 0.3) is 0 Å². The van der Waals surface area contributed by atoms with E-state index in [0.717, 1.165) is 186 Å².